The van der Waals surface area contributed by atoms with Gasteiger partial charge in [0.2, 0.25) is 0 Å². The number of carbonyl (C=O) groups excluding carboxylic acids is 1. The molecule has 0 heterocycles. The Balaban J connectivity index is 1.82. The van der Waals surface area contributed by atoms with E-state index < -0.39 is 17.5 Å². The number of benzene rings is 2. The van der Waals surface area contributed by atoms with E-state index in [2.05, 4.69) is 28.0 Å². The molecule has 0 aliphatic heterocycles. The number of hydrazine groups is 1. The highest BCUT2D eigenvalue weighted by atomic mass is 127. The van der Waals surface area contributed by atoms with E-state index >= 15 is 0 Å². The van der Waals surface area contributed by atoms with Gasteiger partial charge in [0.15, 0.2) is 11.6 Å². The molecule has 0 atom stereocenters. The van der Waals surface area contributed by atoms with Crippen LogP contribution in [0.3, 0.4) is 0 Å². The zero-order chi connectivity index (χ0) is 18.0. The van der Waals surface area contributed by atoms with Gasteiger partial charge in [0.25, 0.3) is 5.91 Å². The van der Waals surface area contributed by atoms with Gasteiger partial charge in [-0.15, -0.1) is 5.17 Å². The van der Waals surface area contributed by atoms with Gasteiger partial charge < -0.3 is 0 Å². The van der Waals surface area contributed by atoms with Crippen LogP contribution >= 0.6 is 34.2 Å². The normalized spacial score (nSPS) is 13.6. The second-order valence-electron chi connectivity index (χ2n) is 5.70. The van der Waals surface area contributed by atoms with Crippen molar-refractivity contribution < 1.29 is 18.4 Å². The van der Waals surface area contributed by atoms with Gasteiger partial charge in [0.05, 0.1) is 17.3 Å². The molecule has 1 amide bonds. The van der Waals surface area contributed by atoms with Crippen LogP contribution in [-0.4, -0.2) is 17.7 Å². The van der Waals surface area contributed by atoms with Crippen molar-refractivity contribution in [3.63, 3.8) is 0 Å². The Morgan fingerprint density at radius 2 is 2.00 bits per heavy atom. The highest BCUT2D eigenvalue weighted by Gasteiger charge is 2.26. The minimum absolute atomic E-state index is 0.0381. The number of nitrogens with one attached hydrogen (secondary N) is 1. The summed E-state index contributed by atoms with van der Waals surface area (Å²) in [5.74, 6) is -2.36. The Kier molecular flexibility index (Phi) is 5.75. The average molecular weight is 479 g/mol. The molecule has 1 fully saturated rings. The van der Waals surface area contributed by atoms with E-state index in [1.165, 1.54) is 6.07 Å². The highest BCUT2D eigenvalue weighted by molar-refractivity contribution is 14.1. The smallest absolute Gasteiger partial charge is 0.270 e. The fourth-order valence-electron chi connectivity index (χ4n) is 2.04. The third kappa shape index (κ3) is 4.80. The van der Waals surface area contributed by atoms with Crippen molar-refractivity contribution in [2.24, 2.45) is 5.92 Å². The van der Waals surface area contributed by atoms with Gasteiger partial charge in [0, 0.05) is 9.13 Å². The third-order valence-electron chi connectivity index (χ3n) is 3.64. The molecule has 0 saturated heterocycles. The molecular formula is C17H14ClF2IN2O2. The molecule has 3 rings (SSSR count). The summed E-state index contributed by atoms with van der Waals surface area (Å²) in [4.78, 5) is 18.2. The Hall–Kier alpha value is -1.45. The van der Waals surface area contributed by atoms with Crippen LogP contribution in [0.5, 0.6) is 0 Å². The lowest BCUT2D eigenvalue weighted by Crippen LogP contribution is -2.37. The van der Waals surface area contributed by atoms with Crippen LogP contribution in [-0.2, 0) is 4.84 Å². The first-order valence-electron chi connectivity index (χ1n) is 7.58. The molecule has 132 valence electrons. The summed E-state index contributed by atoms with van der Waals surface area (Å²) < 4.78 is 27.5. The van der Waals surface area contributed by atoms with Crippen molar-refractivity contribution in [1.29, 1.82) is 0 Å². The van der Waals surface area contributed by atoms with E-state index in [0.717, 1.165) is 33.7 Å². The van der Waals surface area contributed by atoms with Crippen LogP contribution in [0, 0.1) is 21.1 Å². The molecule has 4 nitrogen and oxygen atoms in total. The van der Waals surface area contributed by atoms with Crippen molar-refractivity contribution in [3.05, 3.63) is 62.2 Å². The number of nitrogens with zero attached hydrogens (tertiary/aromatic N) is 1. The van der Waals surface area contributed by atoms with Crippen molar-refractivity contribution in [2.45, 2.75) is 12.8 Å². The molecule has 0 unspecified atom stereocenters. The molecule has 2 aromatic rings. The minimum Gasteiger partial charge on any atom is -0.270 e. The summed E-state index contributed by atoms with van der Waals surface area (Å²) >= 11 is 8.29. The minimum atomic E-state index is -1.10. The number of hydrogen-bond acceptors (Lipinski definition) is 3. The van der Waals surface area contributed by atoms with E-state index in [-0.39, 0.29) is 5.56 Å². The van der Waals surface area contributed by atoms with E-state index in [9.17, 15) is 13.6 Å². The fraction of sp³-hybridized carbons (Fsp3) is 0.235. The van der Waals surface area contributed by atoms with Crippen LogP contribution < -0.4 is 5.43 Å². The molecule has 0 bridgehead atoms. The van der Waals surface area contributed by atoms with E-state index in [1.807, 2.05) is 6.07 Å². The number of amides is 1. The maximum Gasteiger partial charge on any atom is 0.297 e. The van der Waals surface area contributed by atoms with Crippen molar-refractivity contribution in [3.8, 4) is 0 Å². The van der Waals surface area contributed by atoms with Gasteiger partial charge in [-0.2, -0.15) is 0 Å². The summed E-state index contributed by atoms with van der Waals surface area (Å²) in [6.45, 7) is 0.352. The Bertz CT molecular complexity index is 802. The Labute approximate surface area is 162 Å². The lowest BCUT2D eigenvalue weighted by Gasteiger charge is -2.24. The summed E-state index contributed by atoms with van der Waals surface area (Å²) in [7, 11) is 0. The number of anilines is 1. The van der Waals surface area contributed by atoms with Crippen molar-refractivity contribution in [1.82, 2.24) is 5.17 Å². The zero-order valence-corrected chi connectivity index (χ0v) is 15.9. The molecule has 8 heteroatoms. The molecular weight excluding hydrogens is 465 g/mol. The van der Waals surface area contributed by atoms with Gasteiger partial charge in [-0.25, -0.2) is 8.78 Å². The van der Waals surface area contributed by atoms with Gasteiger partial charge in [-0.3, -0.25) is 15.1 Å². The molecule has 1 aliphatic rings. The highest BCUT2D eigenvalue weighted by Crippen LogP contribution is 2.30. The molecule has 0 radical (unpaired) electrons. The van der Waals surface area contributed by atoms with Gasteiger partial charge in [-0.05, 0) is 77.7 Å². The standard InChI is InChI=1S/C17H14ClF2IN2O2/c18-13-8-12(21)4-6-16(13)22-23(25-9-10-1-2-10)17(24)11-3-5-14(19)15(20)7-11/h3-8,10,22H,1-2,9H2. The lowest BCUT2D eigenvalue weighted by molar-refractivity contribution is -0.110. The quantitative estimate of drug-likeness (QED) is 0.468. The van der Waals surface area contributed by atoms with E-state index in [4.69, 9.17) is 16.4 Å². The molecule has 1 aliphatic carbocycles. The summed E-state index contributed by atoms with van der Waals surface area (Å²) in [5, 5.41) is 1.32. The molecule has 0 aromatic heterocycles. The van der Waals surface area contributed by atoms with Gasteiger partial charge >= 0.3 is 0 Å². The Morgan fingerprint density at radius 3 is 2.64 bits per heavy atom. The van der Waals surface area contributed by atoms with E-state index in [1.54, 1.807) is 12.1 Å². The van der Waals surface area contributed by atoms with E-state index in [0.29, 0.717) is 23.2 Å². The maximum absolute atomic E-state index is 13.4. The van der Waals surface area contributed by atoms with Gasteiger partial charge in [-0.1, -0.05) is 11.6 Å². The van der Waals surface area contributed by atoms with Crippen LogP contribution in [0.2, 0.25) is 5.02 Å². The van der Waals surface area contributed by atoms with Crippen molar-refractivity contribution in [2.75, 3.05) is 12.0 Å². The van der Waals surface area contributed by atoms with Crippen LogP contribution in [0.25, 0.3) is 0 Å². The second kappa shape index (κ2) is 7.84. The molecule has 25 heavy (non-hydrogen) atoms. The summed E-state index contributed by atoms with van der Waals surface area (Å²) in [6, 6.07) is 8.19. The SMILES string of the molecule is O=C(c1ccc(F)c(F)c1)N(Nc1ccc(I)cc1Cl)OCC1CC1. The average Bonchev–Trinajstić information content (AvgIpc) is 3.39. The predicted octanol–water partition coefficient (Wildman–Crippen LogP) is 5.03. The molecule has 2 aromatic carbocycles. The number of carbonyl (C=O) groups is 1. The first-order valence-corrected chi connectivity index (χ1v) is 9.04. The van der Waals surface area contributed by atoms with Crippen molar-refractivity contribution >= 4 is 45.8 Å². The van der Waals surface area contributed by atoms with Crippen LogP contribution in [0.4, 0.5) is 14.5 Å². The second-order valence-corrected chi connectivity index (χ2v) is 7.36. The van der Waals surface area contributed by atoms with Crippen LogP contribution in [0.1, 0.15) is 23.2 Å². The first-order chi connectivity index (χ1) is 11.9. The topological polar surface area (TPSA) is 41.6 Å². The largest absolute Gasteiger partial charge is 0.297 e. The number of hydroxylamine groups is 1. The van der Waals surface area contributed by atoms with Gasteiger partial charge in [0.1, 0.15) is 0 Å². The summed E-state index contributed by atoms with van der Waals surface area (Å²) in [5.41, 5.74) is 3.23. The number of halogens is 4. The number of hydrogen-bond donors (Lipinski definition) is 1. The number of rotatable bonds is 6. The molecule has 1 saturated carbocycles. The Morgan fingerprint density at radius 1 is 1.24 bits per heavy atom. The maximum atomic E-state index is 13.4. The lowest BCUT2D eigenvalue weighted by atomic mass is 10.2. The predicted molar refractivity (Wildman–Crippen MR) is 99.0 cm³/mol. The summed E-state index contributed by atoms with van der Waals surface area (Å²) in [6.07, 6.45) is 2.08. The van der Waals surface area contributed by atoms with Crippen LogP contribution in [0.15, 0.2) is 36.4 Å². The zero-order valence-electron chi connectivity index (χ0n) is 12.9. The fourth-order valence-corrected chi connectivity index (χ4v) is 2.94. The monoisotopic (exact) mass is 478 g/mol. The molecule has 1 N–H and O–H groups in total. The first kappa shape index (κ1) is 18.3. The molecule has 0 spiro atoms. The third-order valence-corrected chi connectivity index (χ3v) is 4.62.